The van der Waals surface area contributed by atoms with E-state index in [0.717, 1.165) is 25.7 Å². The highest BCUT2D eigenvalue weighted by Crippen LogP contribution is 2.10. The van der Waals surface area contributed by atoms with Crippen molar-refractivity contribution in [3.8, 4) is 11.8 Å². The molecule has 0 radical (unpaired) electrons. The van der Waals surface area contributed by atoms with Crippen LogP contribution in [0, 0.1) is 11.8 Å². The summed E-state index contributed by atoms with van der Waals surface area (Å²) in [5.41, 5.74) is 0. The summed E-state index contributed by atoms with van der Waals surface area (Å²) < 4.78 is 0. The normalized spacial score (nSPS) is 11.9. The zero-order chi connectivity index (χ0) is 12.8. The molecule has 0 heterocycles. The lowest BCUT2D eigenvalue weighted by Crippen LogP contribution is -2.02. The van der Waals surface area contributed by atoms with E-state index < -0.39 is 0 Å². The number of hydrogen-bond acceptors (Lipinski definition) is 1. The molecule has 0 aliphatic heterocycles. The first-order valence-corrected chi connectivity index (χ1v) is 7.47. The summed E-state index contributed by atoms with van der Waals surface area (Å²) in [7, 11) is 0. The van der Waals surface area contributed by atoms with Crippen molar-refractivity contribution in [3.05, 3.63) is 0 Å². The van der Waals surface area contributed by atoms with Gasteiger partial charge in [-0.1, -0.05) is 64.7 Å². The summed E-state index contributed by atoms with van der Waals surface area (Å²) in [5.74, 6) is 5.92. The molecule has 100 valence electrons. The second kappa shape index (κ2) is 13.6. The van der Waals surface area contributed by atoms with Gasteiger partial charge >= 0.3 is 0 Å². The standard InChI is InChI=1S/C16H30O/c1-3-5-7-8-9-10-11-13-15-16(17)14-12-6-4-2/h16-17H,3-11,13,15H2,1-2H3. The van der Waals surface area contributed by atoms with Crippen molar-refractivity contribution in [2.75, 3.05) is 0 Å². The van der Waals surface area contributed by atoms with Gasteiger partial charge in [0.05, 0.1) is 0 Å². The van der Waals surface area contributed by atoms with Gasteiger partial charge in [0.2, 0.25) is 0 Å². The lowest BCUT2D eigenvalue weighted by molar-refractivity contribution is 0.217. The molecule has 1 nitrogen and oxygen atoms in total. The van der Waals surface area contributed by atoms with Crippen LogP contribution in [0.25, 0.3) is 0 Å². The van der Waals surface area contributed by atoms with Gasteiger partial charge in [-0.15, -0.1) is 5.92 Å². The smallest absolute Gasteiger partial charge is 0.114 e. The predicted octanol–water partition coefficient (Wildman–Crippen LogP) is 4.68. The molecule has 0 aromatic carbocycles. The monoisotopic (exact) mass is 238 g/mol. The minimum absolute atomic E-state index is 0.387. The quantitative estimate of drug-likeness (QED) is 0.433. The van der Waals surface area contributed by atoms with E-state index in [2.05, 4.69) is 25.7 Å². The fraction of sp³-hybridized carbons (Fsp3) is 0.875. The van der Waals surface area contributed by atoms with E-state index in [4.69, 9.17) is 0 Å². The molecule has 0 aliphatic rings. The molecule has 0 saturated carbocycles. The fourth-order valence-corrected chi connectivity index (χ4v) is 1.86. The second-order valence-electron chi connectivity index (χ2n) is 4.85. The molecular formula is C16H30O. The molecule has 0 bridgehead atoms. The van der Waals surface area contributed by atoms with Crippen LogP contribution in [0.2, 0.25) is 0 Å². The zero-order valence-corrected chi connectivity index (χ0v) is 11.8. The molecule has 1 unspecified atom stereocenters. The zero-order valence-electron chi connectivity index (χ0n) is 11.8. The van der Waals surface area contributed by atoms with Crippen LogP contribution in [0.15, 0.2) is 0 Å². The Kier molecular flexibility index (Phi) is 13.2. The maximum absolute atomic E-state index is 9.57. The Labute approximate surface area is 108 Å². The van der Waals surface area contributed by atoms with Gasteiger partial charge in [0.25, 0.3) is 0 Å². The van der Waals surface area contributed by atoms with Crippen molar-refractivity contribution < 1.29 is 5.11 Å². The van der Waals surface area contributed by atoms with Gasteiger partial charge in [0.1, 0.15) is 6.10 Å². The van der Waals surface area contributed by atoms with Crippen molar-refractivity contribution >= 4 is 0 Å². The van der Waals surface area contributed by atoms with Crippen molar-refractivity contribution in [1.29, 1.82) is 0 Å². The molecule has 0 rings (SSSR count). The van der Waals surface area contributed by atoms with Crippen molar-refractivity contribution in [2.24, 2.45) is 0 Å². The second-order valence-corrected chi connectivity index (χ2v) is 4.85. The predicted molar refractivity (Wildman–Crippen MR) is 75.9 cm³/mol. The third-order valence-corrected chi connectivity index (χ3v) is 2.97. The number of hydrogen-bond donors (Lipinski definition) is 1. The van der Waals surface area contributed by atoms with Crippen LogP contribution < -0.4 is 0 Å². The highest BCUT2D eigenvalue weighted by Gasteiger charge is 1.98. The molecule has 1 atom stereocenters. The van der Waals surface area contributed by atoms with Crippen LogP contribution in [-0.4, -0.2) is 11.2 Å². The van der Waals surface area contributed by atoms with Gasteiger partial charge in [-0.05, 0) is 19.3 Å². The van der Waals surface area contributed by atoms with E-state index in [1.54, 1.807) is 0 Å². The topological polar surface area (TPSA) is 20.2 Å². The molecule has 0 saturated heterocycles. The van der Waals surface area contributed by atoms with E-state index in [-0.39, 0.29) is 6.10 Å². The molecule has 0 aromatic heterocycles. The maximum Gasteiger partial charge on any atom is 0.114 e. The van der Waals surface area contributed by atoms with Gasteiger partial charge in [-0.2, -0.15) is 0 Å². The fourth-order valence-electron chi connectivity index (χ4n) is 1.86. The first kappa shape index (κ1) is 16.5. The van der Waals surface area contributed by atoms with E-state index in [9.17, 15) is 5.11 Å². The average Bonchev–Trinajstić information content (AvgIpc) is 2.33. The molecule has 0 fully saturated rings. The van der Waals surface area contributed by atoms with Gasteiger partial charge in [-0.3, -0.25) is 0 Å². The highest BCUT2D eigenvalue weighted by molar-refractivity contribution is 5.03. The lowest BCUT2D eigenvalue weighted by atomic mass is 10.1. The van der Waals surface area contributed by atoms with Crippen molar-refractivity contribution in [2.45, 2.75) is 90.6 Å². The molecule has 0 aliphatic carbocycles. The first-order chi connectivity index (χ1) is 8.31. The number of unbranched alkanes of at least 4 members (excludes halogenated alkanes) is 8. The summed E-state index contributed by atoms with van der Waals surface area (Å²) in [4.78, 5) is 0. The maximum atomic E-state index is 9.57. The minimum atomic E-state index is -0.387. The molecule has 1 heteroatoms. The largest absolute Gasteiger partial charge is 0.380 e. The van der Waals surface area contributed by atoms with Crippen LogP contribution in [0.4, 0.5) is 0 Å². The summed E-state index contributed by atoms with van der Waals surface area (Å²) in [6, 6.07) is 0. The summed E-state index contributed by atoms with van der Waals surface area (Å²) in [5, 5.41) is 9.57. The third kappa shape index (κ3) is 13.5. The Morgan fingerprint density at radius 1 is 0.824 bits per heavy atom. The molecule has 17 heavy (non-hydrogen) atoms. The summed E-state index contributed by atoms with van der Waals surface area (Å²) >= 11 is 0. The molecule has 1 N–H and O–H groups in total. The van der Waals surface area contributed by atoms with Gasteiger partial charge < -0.3 is 5.11 Å². The minimum Gasteiger partial charge on any atom is -0.380 e. The molecular weight excluding hydrogens is 208 g/mol. The van der Waals surface area contributed by atoms with Gasteiger partial charge in [0.15, 0.2) is 0 Å². The number of rotatable bonds is 10. The van der Waals surface area contributed by atoms with Gasteiger partial charge in [-0.25, -0.2) is 0 Å². The van der Waals surface area contributed by atoms with Crippen molar-refractivity contribution in [1.82, 2.24) is 0 Å². The Hall–Kier alpha value is -0.480. The van der Waals surface area contributed by atoms with E-state index in [1.165, 1.54) is 44.9 Å². The SMILES string of the molecule is CCCC#CC(O)CCCCCCCCCC. The Morgan fingerprint density at radius 2 is 1.41 bits per heavy atom. The highest BCUT2D eigenvalue weighted by atomic mass is 16.3. The van der Waals surface area contributed by atoms with Crippen LogP contribution in [0.1, 0.15) is 84.5 Å². The molecule has 0 aromatic rings. The van der Waals surface area contributed by atoms with E-state index in [0.29, 0.717) is 0 Å². The Bertz CT molecular complexity index is 199. The average molecular weight is 238 g/mol. The number of aliphatic hydroxyl groups is 1. The van der Waals surface area contributed by atoms with Crippen molar-refractivity contribution in [3.63, 3.8) is 0 Å². The van der Waals surface area contributed by atoms with E-state index in [1.807, 2.05) is 0 Å². The van der Waals surface area contributed by atoms with Gasteiger partial charge in [0, 0.05) is 6.42 Å². The van der Waals surface area contributed by atoms with E-state index >= 15 is 0 Å². The summed E-state index contributed by atoms with van der Waals surface area (Å²) in [6.45, 7) is 4.36. The Balaban J connectivity index is 3.20. The van der Waals surface area contributed by atoms with Crippen LogP contribution in [-0.2, 0) is 0 Å². The third-order valence-electron chi connectivity index (χ3n) is 2.97. The summed E-state index contributed by atoms with van der Waals surface area (Å²) in [6.07, 6.45) is 13.0. The lowest BCUT2D eigenvalue weighted by Gasteiger charge is -2.03. The Morgan fingerprint density at radius 3 is 2.00 bits per heavy atom. The van der Waals surface area contributed by atoms with Crippen LogP contribution in [0.3, 0.4) is 0 Å². The van der Waals surface area contributed by atoms with Crippen LogP contribution >= 0.6 is 0 Å². The van der Waals surface area contributed by atoms with Crippen LogP contribution in [0.5, 0.6) is 0 Å². The number of aliphatic hydroxyl groups excluding tert-OH is 1. The molecule has 0 amide bonds. The first-order valence-electron chi connectivity index (χ1n) is 7.47. The molecule has 0 spiro atoms.